The van der Waals surface area contributed by atoms with E-state index < -0.39 is 10.0 Å². The minimum absolute atomic E-state index is 0.0501. The van der Waals surface area contributed by atoms with Gasteiger partial charge in [0, 0.05) is 42.1 Å². The van der Waals surface area contributed by atoms with Gasteiger partial charge in [0.25, 0.3) is 15.9 Å². The van der Waals surface area contributed by atoms with Crippen LogP contribution in [0.15, 0.2) is 83.9 Å². The Hall–Kier alpha value is -3.98. The normalized spacial score (nSPS) is 12.9. The molecule has 35 heavy (non-hydrogen) atoms. The highest BCUT2D eigenvalue weighted by molar-refractivity contribution is 7.92. The maximum absolute atomic E-state index is 12.9. The van der Waals surface area contributed by atoms with Gasteiger partial charge in [-0.05, 0) is 54.3 Å². The van der Waals surface area contributed by atoms with Crippen LogP contribution in [0.3, 0.4) is 0 Å². The van der Waals surface area contributed by atoms with Gasteiger partial charge in [-0.1, -0.05) is 24.3 Å². The molecule has 1 aromatic heterocycles. The Morgan fingerprint density at radius 1 is 0.914 bits per heavy atom. The number of benzene rings is 3. The molecule has 0 unspecified atom stereocenters. The van der Waals surface area contributed by atoms with Crippen LogP contribution in [0.5, 0.6) is 11.5 Å². The van der Waals surface area contributed by atoms with Gasteiger partial charge in [-0.25, -0.2) is 8.42 Å². The van der Waals surface area contributed by atoms with Crippen molar-refractivity contribution in [1.82, 2.24) is 9.88 Å². The molecule has 8 nitrogen and oxygen atoms in total. The lowest BCUT2D eigenvalue weighted by molar-refractivity contribution is 0.0953. The van der Waals surface area contributed by atoms with Gasteiger partial charge >= 0.3 is 0 Å². The van der Waals surface area contributed by atoms with Gasteiger partial charge in [0.2, 0.25) is 0 Å². The molecule has 0 atom stereocenters. The molecule has 180 valence electrons. The van der Waals surface area contributed by atoms with E-state index >= 15 is 0 Å². The van der Waals surface area contributed by atoms with Crippen LogP contribution in [0.25, 0.3) is 10.9 Å². The number of hydrogen-bond acceptors (Lipinski definition) is 5. The Morgan fingerprint density at radius 2 is 1.74 bits per heavy atom. The van der Waals surface area contributed by atoms with E-state index in [2.05, 4.69) is 32.8 Å². The summed E-state index contributed by atoms with van der Waals surface area (Å²) in [6.45, 7) is 2.07. The number of hydrogen-bond donors (Lipinski definition) is 2. The van der Waals surface area contributed by atoms with Crippen molar-refractivity contribution < 1.29 is 22.7 Å². The summed E-state index contributed by atoms with van der Waals surface area (Å²) in [6, 6.07) is 21.1. The number of ether oxygens (including phenoxy) is 2. The molecular weight excluding hydrogens is 466 g/mol. The van der Waals surface area contributed by atoms with Crippen LogP contribution < -0.4 is 19.5 Å². The summed E-state index contributed by atoms with van der Waals surface area (Å²) in [5.41, 5.74) is 1.84. The number of aromatic nitrogens is 1. The molecule has 0 fully saturated rings. The molecule has 2 N–H and O–H groups in total. The lowest BCUT2D eigenvalue weighted by Gasteiger charge is -2.19. The third-order valence-electron chi connectivity index (χ3n) is 5.74. The fourth-order valence-corrected chi connectivity index (χ4v) is 5.08. The summed E-state index contributed by atoms with van der Waals surface area (Å²) in [4.78, 5) is 12.7. The van der Waals surface area contributed by atoms with Gasteiger partial charge in [-0.2, -0.15) is 0 Å². The van der Waals surface area contributed by atoms with E-state index in [0.29, 0.717) is 42.5 Å². The van der Waals surface area contributed by atoms with Crippen LogP contribution in [0.1, 0.15) is 16.8 Å². The molecule has 1 aliphatic heterocycles. The Morgan fingerprint density at radius 3 is 2.63 bits per heavy atom. The summed E-state index contributed by atoms with van der Waals surface area (Å²) in [5, 5.41) is 4.09. The molecule has 9 heteroatoms. The summed E-state index contributed by atoms with van der Waals surface area (Å²) in [5.74, 6) is 0.640. The first-order valence-electron chi connectivity index (χ1n) is 11.3. The lowest BCUT2D eigenvalue weighted by atomic mass is 10.2. The van der Waals surface area contributed by atoms with Crippen LogP contribution >= 0.6 is 0 Å². The van der Waals surface area contributed by atoms with Gasteiger partial charge in [0.15, 0.2) is 11.5 Å². The molecule has 5 rings (SSSR count). The first-order valence-corrected chi connectivity index (χ1v) is 12.8. The average Bonchev–Trinajstić information content (AvgIpc) is 3.29. The van der Waals surface area contributed by atoms with E-state index in [1.54, 1.807) is 24.3 Å². The third kappa shape index (κ3) is 5.09. The minimum atomic E-state index is -3.87. The molecule has 0 spiro atoms. The first-order chi connectivity index (χ1) is 17.0. The summed E-state index contributed by atoms with van der Waals surface area (Å²) in [6.07, 6.45) is 2.81. The molecule has 0 bridgehead atoms. The number of para-hydroxylation sites is 1. The predicted octanol–water partition coefficient (Wildman–Crippen LogP) is 4.03. The van der Waals surface area contributed by atoms with Crippen molar-refractivity contribution in [2.24, 2.45) is 0 Å². The van der Waals surface area contributed by atoms with Gasteiger partial charge in [0.05, 0.1) is 4.90 Å². The van der Waals surface area contributed by atoms with Crippen LogP contribution in [-0.4, -0.2) is 38.7 Å². The topological polar surface area (TPSA) is 98.7 Å². The summed E-state index contributed by atoms with van der Waals surface area (Å²) in [7, 11) is -3.87. The maximum atomic E-state index is 12.9. The predicted molar refractivity (Wildman–Crippen MR) is 134 cm³/mol. The number of amides is 1. The second kappa shape index (κ2) is 9.71. The Kier molecular flexibility index (Phi) is 6.33. The van der Waals surface area contributed by atoms with Crippen molar-refractivity contribution in [1.29, 1.82) is 0 Å². The molecule has 0 aliphatic carbocycles. The van der Waals surface area contributed by atoms with E-state index in [4.69, 9.17) is 9.47 Å². The molecule has 2 heterocycles. The number of rotatable bonds is 8. The quantitative estimate of drug-likeness (QED) is 0.363. The van der Waals surface area contributed by atoms with Crippen molar-refractivity contribution in [3.8, 4) is 11.5 Å². The highest BCUT2D eigenvalue weighted by Gasteiger charge is 2.20. The number of carbonyl (C=O) groups is 1. The largest absolute Gasteiger partial charge is 0.486 e. The highest BCUT2D eigenvalue weighted by Crippen LogP contribution is 2.32. The van der Waals surface area contributed by atoms with Crippen LogP contribution in [0.2, 0.25) is 0 Å². The second-order valence-electron chi connectivity index (χ2n) is 8.17. The number of carbonyl (C=O) groups excluding carboxylic acids is 1. The zero-order valence-electron chi connectivity index (χ0n) is 18.9. The highest BCUT2D eigenvalue weighted by atomic mass is 32.2. The fourth-order valence-electron chi connectivity index (χ4n) is 4.02. The fraction of sp³-hybridized carbons (Fsp3) is 0.192. The van der Waals surface area contributed by atoms with Crippen LogP contribution in [0.4, 0.5) is 5.69 Å². The van der Waals surface area contributed by atoms with E-state index in [9.17, 15) is 13.2 Å². The molecule has 4 aromatic rings. The third-order valence-corrected chi connectivity index (χ3v) is 7.12. The molecule has 0 saturated carbocycles. The Balaban J connectivity index is 1.19. The van der Waals surface area contributed by atoms with Crippen molar-refractivity contribution >= 4 is 32.5 Å². The number of nitrogens with one attached hydrogen (secondary N) is 2. The Labute approximate surface area is 203 Å². The number of nitrogens with zero attached hydrogens (tertiary/aromatic N) is 1. The molecular formula is C26H25N3O5S. The zero-order chi connectivity index (χ0) is 24.3. The maximum Gasteiger partial charge on any atom is 0.262 e. The number of aryl methyl sites for hydroxylation is 1. The molecule has 1 aliphatic rings. The van der Waals surface area contributed by atoms with Crippen LogP contribution in [-0.2, 0) is 16.6 Å². The van der Waals surface area contributed by atoms with E-state index in [-0.39, 0.29) is 10.8 Å². The standard InChI is InChI=1S/C26H25N3O5S/c30-26(27-12-4-13-29-14-11-19-5-1-2-8-23(19)29)20-6-3-7-21(17-20)28-35(31,32)22-9-10-24-25(18-22)34-16-15-33-24/h1-3,5-11,14,17-18,28H,4,12-13,15-16H2,(H,27,30). The van der Waals surface area contributed by atoms with Crippen molar-refractivity contribution in [2.45, 2.75) is 17.9 Å². The van der Waals surface area contributed by atoms with E-state index in [0.717, 1.165) is 18.5 Å². The number of fused-ring (bicyclic) bond motifs is 2. The van der Waals surface area contributed by atoms with Crippen LogP contribution in [0, 0.1) is 0 Å². The van der Waals surface area contributed by atoms with Gasteiger partial charge in [-0.15, -0.1) is 0 Å². The number of anilines is 1. The molecule has 0 saturated heterocycles. The summed E-state index contributed by atoms with van der Waals surface area (Å²) >= 11 is 0. The average molecular weight is 492 g/mol. The van der Waals surface area contributed by atoms with Gasteiger partial charge in [0.1, 0.15) is 13.2 Å². The van der Waals surface area contributed by atoms with Crippen molar-refractivity contribution in [3.05, 3.63) is 84.6 Å². The number of sulfonamides is 1. The molecule has 1 amide bonds. The minimum Gasteiger partial charge on any atom is -0.486 e. The van der Waals surface area contributed by atoms with Gasteiger partial charge in [-0.3, -0.25) is 9.52 Å². The summed E-state index contributed by atoms with van der Waals surface area (Å²) < 4.78 is 41.4. The monoisotopic (exact) mass is 491 g/mol. The van der Waals surface area contributed by atoms with Crippen molar-refractivity contribution in [3.63, 3.8) is 0 Å². The molecule has 3 aromatic carbocycles. The smallest absolute Gasteiger partial charge is 0.262 e. The lowest BCUT2D eigenvalue weighted by Crippen LogP contribution is -2.25. The molecule has 0 radical (unpaired) electrons. The van der Waals surface area contributed by atoms with E-state index in [1.807, 2.05) is 18.3 Å². The van der Waals surface area contributed by atoms with E-state index in [1.165, 1.54) is 23.6 Å². The second-order valence-corrected chi connectivity index (χ2v) is 9.85. The zero-order valence-corrected chi connectivity index (χ0v) is 19.8. The Bertz CT molecular complexity index is 1480. The SMILES string of the molecule is O=C(NCCCn1ccc2ccccc21)c1cccc(NS(=O)(=O)c2ccc3c(c2)OCCO3)c1. The first kappa shape index (κ1) is 22.8. The van der Waals surface area contributed by atoms with Gasteiger partial charge < -0.3 is 19.4 Å². The van der Waals surface area contributed by atoms with Crippen molar-refractivity contribution in [2.75, 3.05) is 24.5 Å².